The molecule has 2 aromatic rings. The molecule has 5 nitrogen and oxygen atoms in total. The third kappa shape index (κ3) is 2.87. The second-order valence-corrected chi connectivity index (χ2v) is 7.65. The van der Waals surface area contributed by atoms with Gasteiger partial charge in [0.25, 0.3) is 0 Å². The lowest BCUT2D eigenvalue weighted by Gasteiger charge is -2.24. The molecule has 21 heavy (non-hydrogen) atoms. The first-order chi connectivity index (χ1) is 9.88. The molecular formula is C15H19N3O2S. The first-order valence-electron chi connectivity index (χ1n) is 7.08. The number of pyridine rings is 1. The normalized spacial score (nSPS) is 18.1. The molecule has 6 heteroatoms. The first kappa shape index (κ1) is 14.3. The van der Waals surface area contributed by atoms with E-state index in [1.807, 2.05) is 6.92 Å². The average molecular weight is 305 g/mol. The number of nitrogen functional groups attached to an aromatic ring is 1. The Labute approximate surface area is 124 Å². The van der Waals surface area contributed by atoms with Crippen LogP contribution in [0.2, 0.25) is 0 Å². The van der Waals surface area contributed by atoms with Gasteiger partial charge in [-0.1, -0.05) is 12.8 Å². The van der Waals surface area contributed by atoms with E-state index in [1.54, 1.807) is 30.3 Å². The molecule has 1 fully saturated rings. The number of hydrogen-bond donors (Lipinski definition) is 2. The predicted octanol–water partition coefficient (Wildman–Crippen LogP) is 2.43. The highest BCUT2D eigenvalue weighted by Gasteiger charge is 2.33. The Balaban J connectivity index is 1.97. The van der Waals surface area contributed by atoms with E-state index in [1.165, 1.54) is 0 Å². The minimum Gasteiger partial charge on any atom is -0.384 e. The fourth-order valence-electron chi connectivity index (χ4n) is 2.93. The zero-order valence-electron chi connectivity index (χ0n) is 12.0. The zero-order chi connectivity index (χ0) is 15.1. The molecular weight excluding hydrogens is 286 g/mol. The van der Waals surface area contributed by atoms with E-state index in [-0.39, 0.29) is 10.4 Å². The number of rotatable bonds is 3. The van der Waals surface area contributed by atoms with Crippen molar-refractivity contribution in [2.75, 3.05) is 5.73 Å². The Kier molecular flexibility index (Phi) is 3.37. The van der Waals surface area contributed by atoms with Gasteiger partial charge >= 0.3 is 0 Å². The zero-order valence-corrected chi connectivity index (χ0v) is 12.8. The fraction of sp³-hybridized carbons (Fsp3) is 0.400. The van der Waals surface area contributed by atoms with Crippen LogP contribution in [0.4, 0.5) is 5.82 Å². The maximum atomic E-state index is 12.5. The quantitative estimate of drug-likeness (QED) is 0.912. The molecule has 112 valence electrons. The maximum absolute atomic E-state index is 12.5. The van der Waals surface area contributed by atoms with Crippen LogP contribution >= 0.6 is 0 Å². The van der Waals surface area contributed by atoms with Crippen molar-refractivity contribution < 1.29 is 8.42 Å². The van der Waals surface area contributed by atoms with E-state index in [0.29, 0.717) is 11.3 Å². The monoisotopic (exact) mass is 305 g/mol. The van der Waals surface area contributed by atoms with Gasteiger partial charge in [-0.3, -0.25) is 0 Å². The Morgan fingerprint density at radius 1 is 1.19 bits per heavy atom. The Morgan fingerprint density at radius 3 is 2.62 bits per heavy atom. The van der Waals surface area contributed by atoms with E-state index in [9.17, 15) is 8.42 Å². The van der Waals surface area contributed by atoms with Gasteiger partial charge in [-0.2, -0.15) is 0 Å². The molecule has 1 saturated carbocycles. The molecule has 0 spiro atoms. The van der Waals surface area contributed by atoms with Crippen LogP contribution in [0, 0.1) is 0 Å². The number of fused-ring (bicyclic) bond motifs is 1. The van der Waals surface area contributed by atoms with Crippen molar-refractivity contribution in [1.29, 1.82) is 0 Å². The van der Waals surface area contributed by atoms with Crippen LogP contribution in [0.3, 0.4) is 0 Å². The van der Waals surface area contributed by atoms with Gasteiger partial charge in [0.05, 0.1) is 10.4 Å². The predicted molar refractivity (Wildman–Crippen MR) is 83.3 cm³/mol. The first-order valence-corrected chi connectivity index (χ1v) is 8.57. The highest BCUT2D eigenvalue weighted by molar-refractivity contribution is 7.89. The summed E-state index contributed by atoms with van der Waals surface area (Å²) in [6.07, 6.45) is 3.91. The van der Waals surface area contributed by atoms with E-state index < -0.39 is 10.0 Å². The van der Waals surface area contributed by atoms with Crippen LogP contribution in [-0.2, 0) is 10.0 Å². The molecule has 3 N–H and O–H groups in total. The Hall–Kier alpha value is -1.66. The lowest BCUT2D eigenvalue weighted by molar-refractivity contribution is 0.427. The largest absolute Gasteiger partial charge is 0.384 e. The smallest absolute Gasteiger partial charge is 0.241 e. The minimum absolute atomic E-state index is 0.273. The summed E-state index contributed by atoms with van der Waals surface area (Å²) in [5.74, 6) is 0.426. The van der Waals surface area contributed by atoms with Crippen molar-refractivity contribution in [3.63, 3.8) is 0 Å². The van der Waals surface area contributed by atoms with Crippen LogP contribution in [0.15, 0.2) is 35.2 Å². The van der Waals surface area contributed by atoms with Gasteiger partial charge in [-0.15, -0.1) is 0 Å². The summed E-state index contributed by atoms with van der Waals surface area (Å²) in [6, 6.07) is 8.37. The van der Waals surface area contributed by atoms with Crippen molar-refractivity contribution in [3.8, 4) is 0 Å². The van der Waals surface area contributed by atoms with Gasteiger partial charge < -0.3 is 5.73 Å². The lowest BCUT2D eigenvalue weighted by atomic mass is 10.0. The summed E-state index contributed by atoms with van der Waals surface area (Å²) in [6.45, 7) is 1.97. The third-order valence-corrected chi connectivity index (χ3v) is 5.72. The summed E-state index contributed by atoms with van der Waals surface area (Å²) in [5.41, 5.74) is 6.00. The fourth-order valence-corrected chi connectivity index (χ4v) is 4.43. The molecule has 0 bridgehead atoms. The number of sulfonamides is 1. The van der Waals surface area contributed by atoms with E-state index in [0.717, 1.165) is 31.1 Å². The summed E-state index contributed by atoms with van der Waals surface area (Å²) in [4.78, 5) is 4.45. The molecule has 1 heterocycles. The van der Waals surface area contributed by atoms with E-state index >= 15 is 0 Å². The maximum Gasteiger partial charge on any atom is 0.241 e. The molecule has 0 saturated heterocycles. The summed E-state index contributed by atoms with van der Waals surface area (Å²) >= 11 is 0. The average Bonchev–Trinajstić information content (AvgIpc) is 2.83. The van der Waals surface area contributed by atoms with E-state index in [4.69, 9.17) is 5.73 Å². The van der Waals surface area contributed by atoms with Gasteiger partial charge in [0, 0.05) is 10.9 Å². The second-order valence-electron chi connectivity index (χ2n) is 5.96. The van der Waals surface area contributed by atoms with Crippen molar-refractivity contribution >= 4 is 26.7 Å². The summed E-state index contributed by atoms with van der Waals surface area (Å²) in [5, 5.41) is 0.767. The van der Waals surface area contributed by atoms with Gasteiger partial charge in [-0.25, -0.2) is 18.1 Å². The number of anilines is 1. The highest BCUT2D eigenvalue weighted by Crippen LogP contribution is 2.31. The topological polar surface area (TPSA) is 85.1 Å². The molecule has 0 atom stereocenters. The Morgan fingerprint density at radius 2 is 1.90 bits per heavy atom. The molecule has 0 unspecified atom stereocenters. The van der Waals surface area contributed by atoms with Gasteiger partial charge in [0.1, 0.15) is 5.82 Å². The number of hydrogen-bond acceptors (Lipinski definition) is 4. The lowest BCUT2D eigenvalue weighted by Crippen LogP contribution is -2.43. The second kappa shape index (κ2) is 4.96. The van der Waals surface area contributed by atoms with E-state index in [2.05, 4.69) is 9.71 Å². The van der Waals surface area contributed by atoms with Gasteiger partial charge in [0.15, 0.2) is 0 Å². The summed E-state index contributed by atoms with van der Waals surface area (Å²) < 4.78 is 27.9. The number of nitrogens with zero attached hydrogens (tertiary/aromatic N) is 1. The molecule has 3 rings (SSSR count). The van der Waals surface area contributed by atoms with Crippen molar-refractivity contribution in [2.24, 2.45) is 0 Å². The molecule has 1 aromatic heterocycles. The van der Waals surface area contributed by atoms with Crippen LogP contribution in [-0.4, -0.2) is 18.9 Å². The molecule has 1 aliphatic rings. The molecule has 1 aromatic carbocycles. The van der Waals surface area contributed by atoms with Crippen LogP contribution < -0.4 is 10.5 Å². The number of nitrogens with one attached hydrogen (secondary N) is 1. The highest BCUT2D eigenvalue weighted by atomic mass is 32.2. The number of benzene rings is 1. The molecule has 0 radical (unpaired) electrons. The summed E-state index contributed by atoms with van der Waals surface area (Å²) in [7, 11) is -3.51. The number of aromatic nitrogens is 1. The van der Waals surface area contributed by atoms with Crippen LogP contribution in [0.25, 0.3) is 10.9 Å². The van der Waals surface area contributed by atoms with Gasteiger partial charge in [0.2, 0.25) is 10.0 Å². The SMILES string of the molecule is CC1(NS(=O)(=O)c2ccc3nc(N)ccc3c2)CCCC1. The van der Waals surface area contributed by atoms with Crippen LogP contribution in [0.1, 0.15) is 32.6 Å². The third-order valence-electron chi connectivity index (χ3n) is 4.08. The minimum atomic E-state index is -3.51. The van der Waals surface area contributed by atoms with Crippen molar-refractivity contribution in [1.82, 2.24) is 9.71 Å². The van der Waals surface area contributed by atoms with Crippen molar-refractivity contribution in [3.05, 3.63) is 30.3 Å². The number of nitrogens with two attached hydrogens (primary N) is 1. The molecule has 0 aliphatic heterocycles. The Bertz CT molecular complexity index is 781. The molecule has 1 aliphatic carbocycles. The molecule has 0 amide bonds. The van der Waals surface area contributed by atoms with Crippen LogP contribution in [0.5, 0.6) is 0 Å². The standard InChI is InChI=1S/C15H19N3O2S/c1-15(8-2-3-9-15)18-21(19,20)12-5-6-13-11(10-12)4-7-14(16)17-13/h4-7,10,18H,2-3,8-9H2,1H3,(H2,16,17). The van der Waals surface area contributed by atoms with Crippen molar-refractivity contribution in [2.45, 2.75) is 43.0 Å². The van der Waals surface area contributed by atoms with Gasteiger partial charge in [-0.05, 0) is 50.1 Å².